The zero-order valence-corrected chi connectivity index (χ0v) is 10.9. The lowest BCUT2D eigenvalue weighted by atomic mass is 10.2. The summed E-state index contributed by atoms with van der Waals surface area (Å²) in [6.07, 6.45) is 2.52. The maximum atomic E-state index is 11.0. The second-order valence-corrected chi connectivity index (χ2v) is 4.56. The quantitative estimate of drug-likeness (QED) is 0.444. The third-order valence-corrected chi connectivity index (χ3v) is 3.01. The van der Waals surface area contributed by atoms with Crippen LogP contribution in [0.15, 0.2) is 18.2 Å². The molecule has 0 radical (unpaired) electrons. The zero-order valence-electron chi connectivity index (χ0n) is 10.9. The minimum atomic E-state index is -0.438. The van der Waals surface area contributed by atoms with Gasteiger partial charge in [0.05, 0.1) is 18.6 Å². The van der Waals surface area contributed by atoms with E-state index in [9.17, 15) is 10.1 Å². The summed E-state index contributed by atoms with van der Waals surface area (Å²) < 4.78 is 10.5. The molecule has 1 aliphatic carbocycles. The van der Waals surface area contributed by atoms with Crippen molar-refractivity contribution in [2.75, 3.05) is 32.2 Å². The Kier molecular flexibility index (Phi) is 4.57. The fraction of sp³-hybridized carbons (Fsp3) is 0.538. The molecule has 1 aliphatic rings. The molecule has 6 heteroatoms. The monoisotopic (exact) mass is 266 g/mol. The van der Waals surface area contributed by atoms with E-state index in [1.165, 1.54) is 20.0 Å². The molecule has 19 heavy (non-hydrogen) atoms. The van der Waals surface area contributed by atoms with Crippen molar-refractivity contribution < 1.29 is 14.4 Å². The summed E-state index contributed by atoms with van der Waals surface area (Å²) in [5.41, 5.74) is 0.423. The molecule has 0 atom stereocenters. The van der Waals surface area contributed by atoms with Crippen LogP contribution in [-0.4, -0.2) is 31.8 Å². The van der Waals surface area contributed by atoms with Crippen molar-refractivity contribution in [3.63, 3.8) is 0 Å². The third kappa shape index (κ3) is 3.82. The SMILES string of the molecule is COc1cccc(NCCOCC2CC2)c1[N+](=O)[O-]. The van der Waals surface area contributed by atoms with Crippen LogP contribution in [0.3, 0.4) is 0 Å². The van der Waals surface area contributed by atoms with E-state index in [0.717, 1.165) is 12.5 Å². The molecule has 0 spiro atoms. The molecule has 0 heterocycles. The maximum absolute atomic E-state index is 11.0. The molecule has 1 saturated carbocycles. The number of methoxy groups -OCH3 is 1. The zero-order chi connectivity index (χ0) is 13.7. The van der Waals surface area contributed by atoms with E-state index < -0.39 is 4.92 Å². The number of nitro groups is 1. The Morgan fingerprint density at radius 2 is 2.26 bits per heavy atom. The highest BCUT2D eigenvalue weighted by atomic mass is 16.6. The van der Waals surface area contributed by atoms with Crippen LogP contribution in [0.2, 0.25) is 0 Å². The predicted molar refractivity (Wildman–Crippen MR) is 71.7 cm³/mol. The van der Waals surface area contributed by atoms with Gasteiger partial charge in [-0.1, -0.05) is 6.07 Å². The first kappa shape index (κ1) is 13.6. The number of nitrogens with zero attached hydrogens (tertiary/aromatic N) is 1. The molecular formula is C13H18N2O4. The van der Waals surface area contributed by atoms with Crippen LogP contribution >= 0.6 is 0 Å². The normalized spacial score (nSPS) is 14.2. The van der Waals surface area contributed by atoms with Gasteiger partial charge in [-0.15, -0.1) is 0 Å². The molecule has 104 valence electrons. The lowest BCUT2D eigenvalue weighted by molar-refractivity contribution is -0.384. The van der Waals surface area contributed by atoms with Crippen molar-refractivity contribution in [3.8, 4) is 5.75 Å². The molecule has 1 aromatic carbocycles. The van der Waals surface area contributed by atoms with Gasteiger partial charge in [0, 0.05) is 13.2 Å². The summed E-state index contributed by atoms with van der Waals surface area (Å²) >= 11 is 0. The summed E-state index contributed by atoms with van der Waals surface area (Å²) in [7, 11) is 1.42. The molecule has 0 unspecified atom stereocenters. The van der Waals surface area contributed by atoms with Gasteiger partial charge in [-0.05, 0) is 30.9 Å². The Bertz CT molecular complexity index is 446. The highest BCUT2D eigenvalue weighted by Crippen LogP contribution is 2.34. The van der Waals surface area contributed by atoms with Gasteiger partial charge in [0.15, 0.2) is 5.75 Å². The smallest absolute Gasteiger partial charge is 0.333 e. The van der Waals surface area contributed by atoms with E-state index in [1.807, 2.05) is 0 Å². The van der Waals surface area contributed by atoms with E-state index in [2.05, 4.69) is 5.32 Å². The Morgan fingerprint density at radius 3 is 2.89 bits per heavy atom. The van der Waals surface area contributed by atoms with Gasteiger partial charge in [-0.25, -0.2) is 0 Å². The number of rotatable bonds is 8. The number of ether oxygens (including phenoxy) is 2. The number of hydrogen-bond donors (Lipinski definition) is 1. The third-order valence-electron chi connectivity index (χ3n) is 3.01. The summed E-state index contributed by atoms with van der Waals surface area (Å²) in [5.74, 6) is 0.986. The van der Waals surface area contributed by atoms with Gasteiger partial charge in [-0.3, -0.25) is 10.1 Å². The fourth-order valence-corrected chi connectivity index (χ4v) is 1.81. The Balaban J connectivity index is 1.88. The number of anilines is 1. The molecule has 0 aliphatic heterocycles. The molecule has 0 saturated heterocycles. The van der Waals surface area contributed by atoms with E-state index in [1.54, 1.807) is 18.2 Å². The van der Waals surface area contributed by atoms with Crippen LogP contribution in [0.5, 0.6) is 5.75 Å². The molecular weight excluding hydrogens is 248 g/mol. The summed E-state index contributed by atoms with van der Waals surface area (Å²) in [6, 6.07) is 4.97. The van der Waals surface area contributed by atoms with Crippen molar-refractivity contribution in [2.24, 2.45) is 5.92 Å². The molecule has 2 rings (SSSR count). The topological polar surface area (TPSA) is 73.6 Å². The average molecular weight is 266 g/mol. The Morgan fingerprint density at radius 1 is 1.47 bits per heavy atom. The van der Waals surface area contributed by atoms with Gasteiger partial charge in [-0.2, -0.15) is 0 Å². The standard InChI is InChI=1S/C13H18N2O4/c1-18-12-4-2-3-11(13(12)15(16)17)14-7-8-19-9-10-5-6-10/h2-4,10,14H,5-9H2,1H3. The second kappa shape index (κ2) is 6.38. The van der Waals surface area contributed by atoms with E-state index >= 15 is 0 Å². The van der Waals surface area contributed by atoms with E-state index in [4.69, 9.17) is 9.47 Å². The molecule has 6 nitrogen and oxygen atoms in total. The lowest BCUT2D eigenvalue weighted by Gasteiger charge is -2.09. The fourth-order valence-electron chi connectivity index (χ4n) is 1.81. The molecule has 0 amide bonds. The van der Waals surface area contributed by atoms with Crippen molar-refractivity contribution in [1.82, 2.24) is 0 Å². The maximum Gasteiger partial charge on any atom is 0.333 e. The van der Waals surface area contributed by atoms with E-state index in [0.29, 0.717) is 18.8 Å². The van der Waals surface area contributed by atoms with Gasteiger partial charge >= 0.3 is 5.69 Å². The van der Waals surface area contributed by atoms with E-state index in [-0.39, 0.29) is 11.4 Å². The molecule has 1 N–H and O–H groups in total. The first-order valence-electron chi connectivity index (χ1n) is 6.35. The first-order valence-corrected chi connectivity index (χ1v) is 6.35. The molecule has 1 aromatic rings. The molecule has 0 bridgehead atoms. The van der Waals surface area contributed by atoms with Crippen LogP contribution in [0.1, 0.15) is 12.8 Å². The number of nitro benzene ring substituents is 1. The summed E-state index contributed by atoms with van der Waals surface area (Å²) in [6.45, 7) is 1.88. The number of hydrogen-bond acceptors (Lipinski definition) is 5. The number of nitrogens with one attached hydrogen (secondary N) is 1. The van der Waals surface area contributed by atoms with Gasteiger partial charge in [0.1, 0.15) is 5.69 Å². The van der Waals surface area contributed by atoms with Crippen molar-refractivity contribution in [2.45, 2.75) is 12.8 Å². The van der Waals surface area contributed by atoms with Crippen molar-refractivity contribution in [3.05, 3.63) is 28.3 Å². The first-order chi connectivity index (χ1) is 9.22. The van der Waals surface area contributed by atoms with Crippen LogP contribution in [0, 0.1) is 16.0 Å². The Labute approximate surface area is 111 Å². The second-order valence-electron chi connectivity index (χ2n) is 4.56. The summed E-state index contributed by atoms with van der Waals surface area (Å²) in [5, 5.41) is 14.1. The van der Waals surface area contributed by atoms with Gasteiger partial charge < -0.3 is 14.8 Å². The van der Waals surface area contributed by atoms with Crippen LogP contribution in [0.25, 0.3) is 0 Å². The van der Waals surface area contributed by atoms with Crippen LogP contribution < -0.4 is 10.1 Å². The minimum Gasteiger partial charge on any atom is -0.490 e. The summed E-state index contributed by atoms with van der Waals surface area (Å²) in [4.78, 5) is 10.6. The van der Waals surface area contributed by atoms with Crippen molar-refractivity contribution in [1.29, 1.82) is 0 Å². The highest BCUT2D eigenvalue weighted by molar-refractivity contribution is 5.68. The lowest BCUT2D eigenvalue weighted by Crippen LogP contribution is -2.12. The highest BCUT2D eigenvalue weighted by Gasteiger charge is 2.21. The van der Waals surface area contributed by atoms with Crippen LogP contribution in [-0.2, 0) is 4.74 Å². The Hall–Kier alpha value is -1.82. The van der Waals surface area contributed by atoms with Gasteiger partial charge in [0.2, 0.25) is 0 Å². The molecule has 1 fully saturated rings. The van der Waals surface area contributed by atoms with Crippen LogP contribution in [0.4, 0.5) is 11.4 Å². The van der Waals surface area contributed by atoms with Crippen molar-refractivity contribution >= 4 is 11.4 Å². The molecule has 0 aromatic heterocycles. The predicted octanol–water partition coefficient (Wildman–Crippen LogP) is 2.44. The minimum absolute atomic E-state index is 0.0350. The number of para-hydroxylation sites is 1. The van der Waals surface area contributed by atoms with Gasteiger partial charge in [0.25, 0.3) is 0 Å². The largest absolute Gasteiger partial charge is 0.490 e. The number of benzene rings is 1. The average Bonchev–Trinajstić information content (AvgIpc) is 3.21.